The van der Waals surface area contributed by atoms with Crippen LogP contribution in [-0.2, 0) is 6.54 Å². The molecule has 1 N–H and O–H groups in total. The average Bonchev–Trinajstić information content (AvgIpc) is 3.32. The monoisotopic (exact) mass is 330 g/mol. The van der Waals surface area contributed by atoms with Crippen LogP contribution in [0.4, 0.5) is 11.6 Å². The number of anilines is 2. The van der Waals surface area contributed by atoms with Gasteiger partial charge in [-0.25, -0.2) is 9.67 Å². The lowest BCUT2D eigenvalue weighted by molar-refractivity contribution is 0.702. The fourth-order valence-corrected chi connectivity index (χ4v) is 2.61. The highest BCUT2D eigenvalue weighted by atomic mass is 15.3. The largest absolute Gasteiger partial charge is 0.311 e. The maximum absolute atomic E-state index is 9.26. The molecule has 4 rings (SSSR count). The van der Waals surface area contributed by atoms with Gasteiger partial charge >= 0.3 is 0 Å². The number of rotatable bonds is 4. The summed E-state index contributed by atoms with van der Waals surface area (Å²) in [6.07, 6.45) is 6.95. The molecule has 4 aromatic rings. The molecule has 0 amide bonds. The molecule has 25 heavy (non-hydrogen) atoms. The minimum absolute atomic E-state index is 0.471. The lowest BCUT2D eigenvalue weighted by atomic mass is 10.1. The first kappa shape index (κ1) is 14.8. The third-order valence-electron chi connectivity index (χ3n) is 3.99. The zero-order chi connectivity index (χ0) is 17.2. The Hall–Kier alpha value is -3.73. The fourth-order valence-electron chi connectivity index (χ4n) is 2.61. The van der Waals surface area contributed by atoms with Crippen LogP contribution in [0.15, 0.2) is 49.1 Å². The predicted octanol–water partition coefficient (Wildman–Crippen LogP) is 2.24. The molecule has 0 atom stereocenters. The number of nitrogens with zero attached hydrogens (tertiary/aromatic N) is 7. The van der Waals surface area contributed by atoms with Crippen molar-refractivity contribution in [2.75, 3.05) is 11.9 Å². The van der Waals surface area contributed by atoms with E-state index < -0.39 is 0 Å². The summed E-state index contributed by atoms with van der Waals surface area (Å²) in [5, 5.41) is 21.2. The van der Waals surface area contributed by atoms with E-state index >= 15 is 0 Å². The summed E-state index contributed by atoms with van der Waals surface area (Å²) in [6.45, 7) is 0.471. The van der Waals surface area contributed by atoms with Crippen molar-refractivity contribution < 1.29 is 0 Å². The molecule has 0 aliphatic rings. The topological polar surface area (TPSA) is 99.3 Å². The Morgan fingerprint density at radius 3 is 2.92 bits per heavy atom. The van der Waals surface area contributed by atoms with Gasteiger partial charge in [0.15, 0.2) is 5.65 Å². The summed E-state index contributed by atoms with van der Waals surface area (Å²) in [4.78, 5) is 10.9. The van der Waals surface area contributed by atoms with Crippen LogP contribution in [0.2, 0.25) is 0 Å². The van der Waals surface area contributed by atoms with Crippen LogP contribution in [0.5, 0.6) is 0 Å². The lowest BCUT2D eigenvalue weighted by Gasteiger charge is -2.14. The lowest BCUT2D eigenvalue weighted by Crippen LogP contribution is -2.13. The van der Waals surface area contributed by atoms with Crippen LogP contribution >= 0.6 is 0 Å². The van der Waals surface area contributed by atoms with Gasteiger partial charge in [-0.2, -0.15) is 20.4 Å². The summed E-state index contributed by atoms with van der Waals surface area (Å²) >= 11 is 0. The minimum Gasteiger partial charge on any atom is -0.311 e. The number of fused-ring (bicyclic) bond motifs is 1. The van der Waals surface area contributed by atoms with Crippen molar-refractivity contribution in [2.24, 2.45) is 0 Å². The first-order valence-electron chi connectivity index (χ1n) is 7.65. The number of nitriles is 1. The summed E-state index contributed by atoms with van der Waals surface area (Å²) in [5.41, 5.74) is 3.11. The smallest absolute Gasteiger partial charge is 0.231 e. The van der Waals surface area contributed by atoms with Crippen molar-refractivity contribution in [3.05, 3.63) is 60.2 Å². The molecule has 8 nitrogen and oxygen atoms in total. The van der Waals surface area contributed by atoms with E-state index in [0.717, 1.165) is 16.6 Å². The fraction of sp³-hybridized carbons (Fsp3) is 0.118. The van der Waals surface area contributed by atoms with Crippen LogP contribution in [0, 0.1) is 11.3 Å². The van der Waals surface area contributed by atoms with Crippen LogP contribution in [0.25, 0.3) is 11.0 Å². The molecule has 0 radical (unpaired) electrons. The Kier molecular flexibility index (Phi) is 3.59. The van der Waals surface area contributed by atoms with Crippen molar-refractivity contribution in [3.63, 3.8) is 0 Å². The Morgan fingerprint density at radius 2 is 2.12 bits per heavy atom. The quantitative estimate of drug-likeness (QED) is 0.616. The molecule has 0 saturated heterocycles. The minimum atomic E-state index is 0.471. The summed E-state index contributed by atoms with van der Waals surface area (Å²) in [5.74, 6) is 0.546. The number of nitrogens with one attached hydrogen (secondary N) is 1. The summed E-state index contributed by atoms with van der Waals surface area (Å²) < 4.78 is 1.78. The van der Waals surface area contributed by atoms with Gasteiger partial charge in [-0.05, 0) is 11.6 Å². The van der Waals surface area contributed by atoms with Gasteiger partial charge in [0.25, 0.3) is 0 Å². The third-order valence-corrected chi connectivity index (χ3v) is 3.99. The Bertz CT molecular complexity index is 1060. The molecule has 0 bridgehead atoms. The molecule has 0 aliphatic heterocycles. The molecule has 3 heterocycles. The maximum Gasteiger partial charge on any atom is 0.231 e. The van der Waals surface area contributed by atoms with E-state index in [0.29, 0.717) is 23.7 Å². The Labute approximate surface area is 143 Å². The van der Waals surface area contributed by atoms with Gasteiger partial charge < -0.3 is 4.90 Å². The number of H-pyrrole nitrogens is 1. The molecule has 0 fully saturated rings. The van der Waals surface area contributed by atoms with Crippen molar-refractivity contribution in [3.8, 4) is 6.07 Å². The highest BCUT2D eigenvalue weighted by Gasteiger charge is 2.13. The zero-order valence-electron chi connectivity index (χ0n) is 13.5. The van der Waals surface area contributed by atoms with E-state index in [4.69, 9.17) is 0 Å². The summed E-state index contributed by atoms with van der Waals surface area (Å²) in [6, 6.07) is 9.70. The van der Waals surface area contributed by atoms with E-state index in [2.05, 4.69) is 31.3 Å². The van der Waals surface area contributed by atoms with Gasteiger partial charge in [0, 0.05) is 19.4 Å². The first-order chi connectivity index (χ1) is 12.3. The normalized spacial score (nSPS) is 10.7. The molecule has 0 aliphatic carbocycles. The van der Waals surface area contributed by atoms with Crippen molar-refractivity contribution in [1.29, 1.82) is 5.26 Å². The van der Waals surface area contributed by atoms with E-state index in [-0.39, 0.29) is 0 Å². The number of aromatic amines is 1. The van der Waals surface area contributed by atoms with Crippen molar-refractivity contribution in [2.45, 2.75) is 6.54 Å². The third kappa shape index (κ3) is 2.68. The van der Waals surface area contributed by atoms with Crippen molar-refractivity contribution >= 4 is 22.7 Å². The first-order valence-corrected chi connectivity index (χ1v) is 7.65. The highest BCUT2D eigenvalue weighted by Crippen LogP contribution is 2.21. The number of benzene rings is 1. The van der Waals surface area contributed by atoms with Gasteiger partial charge in [0.1, 0.15) is 0 Å². The molecule has 0 unspecified atom stereocenters. The second-order valence-electron chi connectivity index (χ2n) is 5.54. The second-order valence-corrected chi connectivity index (χ2v) is 5.54. The average molecular weight is 330 g/mol. The highest BCUT2D eigenvalue weighted by molar-refractivity contribution is 5.75. The summed E-state index contributed by atoms with van der Waals surface area (Å²) in [7, 11) is 1.87. The van der Waals surface area contributed by atoms with Crippen LogP contribution in [-0.4, -0.2) is 37.0 Å². The van der Waals surface area contributed by atoms with Crippen molar-refractivity contribution in [1.82, 2.24) is 29.9 Å². The van der Waals surface area contributed by atoms with E-state index in [1.54, 1.807) is 35.5 Å². The second kappa shape index (κ2) is 6.05. The predicted molar refractivity (Wildman–Crippen MR) is 92.2 cm³/mol. The van der Waals surface area contributed by atoms with E-state index in [9.17, 15) is 5.26 Å². The van der Waals surface area contributed by atoms with Crippen LogP contribution < -0.4 is 4.90 Å². The number of hydrogen-bond donors (Lipinski definition) is 1. The molecule has 0 spiro atoms. The van der Waals surface area contributed by atoms with E-state index in [1.165, 1.54) is 0 Å². The molecule has 0 saturated carbocycles. The Morgan fingerprint density at radius 1 is 1.24 bits per heavy atom. The standard InChI is InChI=1S/C17H14N8/c1-24(15-9-20-21-10-15)17-19-7-14-8-22-25(16(14)23-17)11-13-5-3-2-4-12(13)6-18/h2-5,7-10H,11H2,1H3,(H,20,21). The van der Waals surface area contributed by atoms with Gasteiger partial charge in [0.05, 0.1) is 41.6 Å². The molecule has 1 aromatic carbocycles. The van der Waals surface area contributed by atoms with E-state index in [1.807, 2.05) is 30.1 Å². The molecular weight excluding hydrogens is 316 g/mol. The van der Waals surface area contributed by atoms with Gasteiger partial charge in [-0.3, -0.25) is 5.10 Å². The Balaban J connectivity index is 1.73. The number of hydrogen-bond acceptors (Lipinski definition) is 6. The molecule has 3 aromatic heterocycles. The zero-order valence-corrected chi connectivity index (χ0v) is 13.5. The maximum atomic E-state index is 9.26. The van der Waals surface area contributed by atoms with Gasteiger partial charge in [0.2, 0.25) is 5.95 Å². The molecule has 8 heteroatoms. The number of aromatic nitrogens is 6. The van der Waals surface area contributed by atoms with Gasteiger partial charge in [-0.15, -0.1) is 0 Å². The van der Waals surface area contributed by atoms with Crippen LogP contribution in [0.3, 0.4) is 0 Å². The molecular formula is C17H14N8. The van der Waals surface area contributed by atoms with Crippen LogP contribution in [0.1, 0.15) is 11.1 Å². The molecule has 122 valence electrons. The van der Waals surface area contributed by atoms with Gasteiger partial charge in [-0.1, -0.05) is 18.2 Å². The SMILES string of the molecule is CN(c1cn[nH]c1)c1ncc2cnn(Cc3ccccc3C#N)c2n1.